The predicted molar refractivity (Wildman–Crippen MR) is 60.1 cm³/mol. The summed E-state index contributed by atoms with van der Waals surface area (Å²) >= 11 is 4.99. The minimum atomic E-state index is -0.968. The van der Waals surface area contributed by atoms with Crippen molar-refractivity contribution in [2.75, 3.05) is 0 Å². The van der Waals surface area contributed by atoms with Gasteiger partial charge in [-0.1, -0.05) is 25.8 Å². The number of alkyl halides is 2. The number of hydrogen-bond acceptors (Lipinski definition) is 0. The summed E-state index contributed by atoms with van der Waals surface area (Å²) < 4.78 is 13.5. The van der Waals surface area contributed by atoms with Gasteiger partial charge in [-0.15, -0.1) is 0 Å². The minimum Gasteiger partial charge on any atom is -0.229 e. The second-order valence-corrected chi connectivity index (χ2v) is 4.32. The van der Waals surface area contributed by atoms with Crippen molar-refractivity contribution >= 4 is 38.5 Å². The van der Waals surface area contributed by atoms with Crippen LogP contribution in [-0.2, 0) is 0 Å². The predicted octanol–water partition coefficient (Wildman–Crippen LogP) is 4.58. The molecule has 0 radical (unpaired) electrons. The third-order valence-corrected chi connectivity index (χ3v) is 4.13. The summed E-state index contributed by atoms with van der Waals surface area (Å²) in [6.45, 7) is 4.18. The van der Waals surface area contributed by atoms with Gasteiger partial charge in [0.1, 0.15) is 0 Å². The molecule has 0 heterocycles. The lowest BCUT2D eigenvalue weighted by Crippen LogP contribution is -1.93. The average molecular weight is 335 g/mol. The summed E-state index contributed by atoms with van der Waals surface area (Å²) in [5.74, 6) is 0. The van der Waals surface area contributed by atoms with Gasteiger partial charge in [0.05, 0.1) is 0 Å². The first-order chi connectivity index (χ1) is 5.13. The molecule has 0 aliphatic rings. The van der Waals surface area contributed by atoms with Crippen molar-refractivity contribution in [1.82, 2.24) is 0 Å². The lowest BCUT2D eigenvalue weighted by molar-refractivity contribution is 0.522. The molecule has 11 heavy (non-hydrogen) atoms. The monoisotopic (exact) mass is 334 g/mol. The molecule has 0 fully saturated rings. The van der Waals surface area contributed by atoms with E-state index in [0.717, 1.165) is 22.8 Å². The van der Waals surface area contributed by atoms with Gasteiger partial charge in [-0.25, -0.2) is 4.39 Å². The maximum atomic E-state index is 12.7. The van der Waals surface area contributed by atoms with E-state index in [1.807, 2.05) is 0 Å². The Bertz CT molecular complexity index is 143. The normalized spacial score (nSPS) is 16.1. The summed E-state index contributed by atoms with van der Waals surface area (Å²) in [4.78, 5) is 0. The van der Waals surface area contributed by atoms with Crippen molar-refractivity contribution in [3.05, 3.63) is 9.15 Å². The highest BCUT2D eigenvalue weighted by Gasteiger charge is 2.09. The smallest absolute Gasteiger partial charge is 0.185 e. The lowest BCUT2D eigenvalue weighted by Gasteiger charge is -2.07. The molecule has 0 aromatic carbocycles. The molecule has 0 aromatic heterocycles. The zero-order chi connectivity index (χ0) is 8.85. The summed E-state index contributed by atoms with van der Waals surface area (Å²) in [7, 11) is 0. The average Bonchev–Trinajstić information content (AvgIpc) is 1.98. The molecule has 0 amide bonds. The van der Waals surface area contributed by atoms with E-state index in [9.17, 15) is 4.39 Å². The molecule has 66 valence electrons. The first kappa shape index (κ1) is 11.9. The maximum absolute atomic E-state index is 12.7. The standard InChI is InChI=1S/C8H13BrFI/c1-3-5-6(4-2)7(11)8(9)10/h8H,3-5H2,1-2H3. The highest BCUT2D eigenvalue weighted by molar-refractivity contribution is 14.1. The summed E-state index contributed by atoms with van der Waals surface area (Å²) in [6, 6.07) is 0. The molecule has 1 unspecified atom stereocenters. The number of rotatable bonds is 4. The third-order valence-electron chi connectivity index (χ3n) is 1.51. The second kappa shape index (κ2) is 6.40. The van der Waals surface area contributed by atoms with E-state index in [4.69, 9.17) is 0 Å². The topological polar surface area (TPSA) is 0 Å². The quantitative estimate of drug-likeness (QED) is 0.521. The van der Waals surface area contributed by atoms with Crippen LogP contribution >= 0.6 is 38.5 Å². The molecule has 0 saturated heterocycles. The van der Waals surface area contributed by atoms with E-state index in [0.29, 0.717) is 0 Å². The zero-order valence-corrected chi connectivity index (χ0v) is 10.6. The Labute approximate surface area is 89.9 Å². The van der Waals surface area contributed by atoms with Crippen molar-refractivity contribution in [2.24, 2.45) is 0 Å². The van der Waals surface area contributed by atoms with Gasteiger partial charge in [0.25, 0.3) is 0 Å². The van der Waals surface area contributed by atoms with Gasteiger partial charge >= 0.3 is 0 Å². The van der Waals surface area contributed by atoms with E-state index in [1.165, 1.54) is 5.57 Å². The van der Waals surface area contributed by atoms with Gasteiger partial charge in [-0.3, -0.25) is 0 Å². The number of allylic oxidation sites excluding steroid dienone is 2. The van der Waals surface area contributed by atoms with Crippen LogP contribution in [0.3, 0.4) is 0 Å². The van der Waals surface area contributed by atoms with Crippen LogP contribution in [0.15, 0.2) is 9.15 Å². The van der Waals surface area contributed by atoms with Crippen molar-refractivity contribution in [2.45, 2.75) is 38.2 Å². The van der Waals surface area contributed by atoms with Gasteiger partial charge < -0.3 is 0 Å². The van der Waals surface area contributed by atoms with E-state index < -0.39 is 5.08 Å². The Morgan fingerprint density at radius 3 is 2.36 bits per heavy atom. The summed E-state index contributed by atoms with van der Waals surface area (Å²) in [6.07, 6.45) is 3.06. The molecule has 0 saturated carbocycles. The summed E-state index contributed by atoms with van der Waals surface area (Å²) in [5.41, 5.74) is 1.23. The first-order valence-corrected chi connectivity index (χ1v) is 5.78. The highest BCUT2D eigenvalue weighted by atomic mass is 127. The van der Waals surface area contributed by atoms with Gasteiger partial charge in [-0.2, -0.15) is 0 Å². The van der Waals surface area contributed by atoms with E-state index in [-0.39, 0.29) is 0 Å². The van der Waals surface area contributed by atoms with Crippen molar-refractivity contribution in [1.29, 1.82) is 0 Å². The van der Waals surface area contributed by atoms with Crippen LogP contribution < -0.4 is 0 Å². The molecular weight excluding hydrogens is 322 g/mol. The Balaban J connectivity index is 4.27. The van der Waals surface area contributed by atoms with Gasteiger partial charge in [-0.05, 0) is 51.4 Å². The van der Waals surface area contributed by atoms with Gasteiger partial charge in [0, 0.05) is 3.58 Å². The van der Waals surface area contributed by atoms with Crippen molar-refractivity contribution in [3.63, 3.8) is 0 Å². The van der Waals surface area contributed by atoms with Crippen LogP contribution in [0.4, 0.5) is 4.39 Å². The number of hydrogen-bond donors (Lipinski definition) is 0. The molecular formula is C8H13BrFI. The van der Waals surface area contributed by atoms with Crippen LogP contribution in [0.25, 0.3) is 0 Å². The fraction of sp³-hybridized carbons (Fsp3) is 0.750. The van der Waals surface area contributed by atoms with Crippen LogP contribution in [0.1, 0.15) is 33.1 Å². The molecule has 0 aliphatic heterocycles. The molecule has 0 aromatic rings. The second-order valence-electron chi connectivity index (χ2n) is 2.36. The highest BCUT2D eigenvalue weighted by Crippen LogP contribution is 2.28. The third kappa shape index (κ3) is 4.45. The largest absolute Gasteiger partial charge is 0.229 e. The SMILES string of the molecule is CCCC(CC)=C(I)C(F)Br. The number of halogens is 3. The summed E-state index contributed by atoms with van der Waals surface area (Å²) in [5, 5.41) is -0.968. The van der Waals surface area contributed by atoms with E-state index in [1.54, 1.807) is 0 Å². The first-order valence-electron chi connectivity index (χ1n) is 3.79. The van der Waals surface area contributed by atoms with E-state index in [2.05, 4.69) is 52.4 Å². The van der Waals surface area contributed by atoms with Crippen LogP contribution in [-0.4, -0.2) is 5.08 Å². The Kier molecular flexibility index (Phi) is 6.91. The minimum absolute atomic E-state index is 0.826. The zero-order valence-electron chi connectivity index (χ0n) is 6.83. The fourth-order valence-electron chi connectivity index (χ4n) is 0.921. The Morgan fingerprint density at radius 2 is 2.09 bits per heavy atom. The van der Waals surface area contributed by atoms with Crippen LogP contribution in [0.5, 0.6) is 0 Å². The lowest BCUT2D eigenvalue weighted by atomic mass is 10.1. The molecule has 0 spiro atoms. The Morgan fingerprint density at radius 1 is 1.55 bits per heavy atom. The van der Waals surface area contributed by atoms with Gasteiger partial charge in [0.2, 0.25) is 0 Å². The molecule has 0 nitrogen and oxygen atoms in total. The molecule has 0 aliphatic carbocycles. The fourth-order valence-corrected chi connectivity index (χ4v) is 1.90. The van der Waals surface area contributed by atoms with Crippen molar-refractivity contribution in [3.8, 4) is 0 Å². The molecule has 0 N–H and O–H groups in total. The van der Waals surface area contributed by atoms with Crippen molar-refractivity contribution < 1.29 is 4.39 Å². The molecule has 0 rings (SSSR count). The van der Waals surface area contributed by atoms with Crippen LogP contribution in [0, 0.1) is 0 Å². The molecule has 0 bridgehead atoms. The maximum Gasteiger partial charge on any atom is 0.185 e. The van der Waals surface area contributed by atoms with E-state index >= 15 is 0 Å². The molecule has 3 heteroatoms. The molecule has 1 atom stereocenters. The Hall–Kier alpha value is 0.880. The van der Waals surface area contributed by atoms with Gasteiger partial charge in [0.15, 0.2) is 5.08 Å². The van der Waals surface area contributed by atoms with Crippen LogP contribution in [0.2, 0.25) is 0 Å².